The van der Waals surface area contributed by atoms with Crippen molar-refractivity contribution in [2.24, 2.45) is 11.8 Å². The average molecular weight is 360 g/mol. The summed E-state index contributed by atoms with van der Waals surface area (Å²) >= 11 is 0. The first-order valence-corrected chi connectivity index (χ1v) is 10.1. The van der Waals surface area contributed by atoms with Gasteiger partial charge in [0.15, 0.2) is 0 Å². The predicted octanol–water partition coefficient (Wildman–Crippen LogP) is 2.15. The summed E-state index contributed by atoms with van der Waals surface area (Å²) in [7, 11) is 0. The van der Waals surface area contributed by atoms with Crippen LogP contribution in [0.5, 0.6) is 0 Å². The minimum absolute atomic E-state index is 0.112. The van der Waals surface area contributed by atoms with Gasteiger partial charge in [0.05, 0.1) is 18.7 Å². The zero-order valence-electron chi connectivity index (χ0n) is 15.4. The Morgan fingerprint density at radius 3 is 2.54 bits per heavy atom. The maximum Gasteiger partial charge on any atom is 0.237 e. The molecular weight excluding hydrogens is 328 g/mol. The lowest BCUT2D eigenvalue weighted by atomic mass is 9.74. The molecule has 144 valence electrons. The average Bonchev–Trinajstić information content (AvgIpc) is 2.72. The molecule has 0 bridgehead atoms. The van der Waals surface area contributed by atoms with Crippen molar-refractivity contribution in [1.82, 2.24) is 10.6 Å². The van der Waals surface area contributed by atoms with E-state index in [2.05, 4.69) is 10.6 Å². The van der Waals surface area contributed by atoms with Gasteiger partial charge in [-0.25, -0.2) is 0 Å². The maximum absolute atomic E-state index is 12.7. The van der Waals surface area contributed by atoms with Gasteiger partial charge in [0.25, 0.3) is 0 Å². The molecule has 3 rings (SSSR count). The van der Waals surface area contributed by atoms with E-state index in [1.807, 2.05) is 18.2 Å². The van der Waals surface area contributed by atoms with Crippen molar-refractivity contribution in [3.05, 3.63) is 35.9 Å². The minimum atomic E-state index is -0.914. The van der Waals surface area contributed by atoms with Gasteiger partial charge in [-0.1, -0.05) is 62.4 Å². The van der Waals surface area contributed by atoms with Crippen LogP contribution < -0.4 is 10.6 Å². The number of hydrogen-bond donors (Lipinski definition) is 4. The Balaban J connectivity index is 1.57. The first-order chi connectivity index (χ1) is 12.7. The Morgan fingerprint density at radius 1 is 1.12 bits per heavy atom. The number of rotatable bonds is 6. The summed E-state index contributed by atoms with van der Waals surface area (Å²) in [6, 6.07) is 8.24. The fraction of sp³-hybridized carbons (Fsp3) is 0.667. The van der Waals surface area contributed by atoms with Gasteiger partial charge in [0.2, 0.25) is 5.91 Å². The van der Waals surface area contributed by atoms with Gasteiger partial charge in [-0.15, -0.1) is 0 Å². The number of carbonyl (C=O) groups is 1. The molecule has 1 aliphatic heterocycles. The van der Waals surface area contributed by atoms with Crippen LogP contribution in [0.1, 0.15) is 56.6 Å². The molecule has 1 heterocycles. The van der Waals surface area contributed by atoms with Crippen LogP contribution in [-0.2, 0) is 4.79 Å². The molecule has 1 aromatic carbocycles. The fourth-order valence-corrected chi connectivity index (χ4v) is 4.57. The molecule has 1 saturated carbocycles. The highest BCUT2D eigenvalue weighted by atomic mass is 16.3. The third-order valence-electron chi connectivity index (χ3n) is 6.12. The third kappa shape index (κ3) is 4.84. The molecule has 2 aliphatic rings. The number of piperidine rings is 1. The van der Waals surface area contributed by atoms with E-state index in [-0.39, 0.29) is 18.6 Å². The van der Waals surface area contributed by atoms with Gasteiger partial charge in [-0.05, 0) is 36.8 Å². The molecule has 0 radical (unpaired) electrons. The first-order valence-electron chi connectivity index (χ1n) is 10.1. The van der Waals surface area contributed by atoms with E-state index in [1.54, 1.807) is 12.1 Å². The minimum Gasteiger partial charge on any atom is -0.394 e. The Labute approximate surface area is 156 Å². The first kappa shape index (κ1) is 19.3. The Kier molecular flexibility index (Phi) is 7.06. The molecule has 5 heteroatoms. The number of carbonyl (C=O) groups excluding carboxylic acids is 1. The number of aliphatic hydroxyl groups is 2. The van der Waals surface area contributed by atoms with Crippen LogP contribution in [-0.4, -0.2) is 41.4 Å². The summed E-state index contributed by atoms with van der Waals surface area (Å²) in [5, 5.41) is 26.3. The zero-order valence-corrected chi connectivity index (χ0v) is 15.4. The lowest BCUT2D eigenvalue weighted by Gasteiger charge is -2.37. The Hall–Kier alpha value is -1.43. The van der Waals surface area contributed by atoms with Crippen molar-refractivity contribution < 1.29 is 15.0 Å². The lowest BCUT2D eigenvalue weighted by Crippen LogP contribution is -2.53. The maximum atomic E-state index is 12.7. The van der Waals surface area contributed by atoms with Crippen molar-refractivity contribution >= 4 is 5.91 Å². The van der Waals surface area contributed by atoms with Crippen LogP contribution in [0.4, 0.5) is 0 Å². The number of aliphatic hydroxyl groups excluding tert-OH is 2. The van der Waals surface area contributed by atoms with E-state index >= 15 is 0 Å². The van der Waals surface area contributed by atoms with Crippen molar-refractivity contribution in [2.45, 2.75) is 63.1 Å². The summed E-state index contributed by atoms with van der Waals surface area (Å²) in [6.45, 7) is 0.574. The van der Waals surface area contributed by atoms with Crippen molar-refractivity contribution in [3.63, 3.8) is 0 Å². The topological polar surface area (TPSA) is 81.6 Å². The molecule has 5 nitrogen and oxygen atoms in total. The highest BCUT2D eigenvalue weighted by Gasteiger charge is 2.33. The molecule has 1 aromatic rings. The van der Waals surface area contributed by atoms with E-state index < -0.39 is 12.1 Å². The van der Waals surface area contributed by atoms with E-state index in [4.69, 9.17) is 0 Å². The SMILES string of the molecule is O=C(N[C@H](CO)[C@H](O)c1ccccc1)[C@@H]1C[C@H](C2CCCCC2)CCN1. The molecule has 1 amide bonds. The number of nitrogens with one attached hydrogen (secondary N) is 2. The second-order valence-corrected chi connectivity index (χ2v) is 7.84. The van der Waals surface area contributed by atoms with Crippen LogP contribution in [0.2, 0.25) is 0 Å². The number of benzene rings is 1. The van der Waals surface area contributed by atoms with Crippen LogP contribution in [0, 0.1) is 11.8 Å². The second-order valence-electron chi connectivity index (χ2n) is 7.84. The summed E-state index contributed by atoms with van der Waals surface area (Å²) in [5.41, 5.74) is 0.698. The molecule has 2 fully saturated rings. The van der Waals surface area contributed by atoms with Gasteiger partial charge in [0, 0.05) is 0 Å². The quantitative estimate of drug-likeness (QED) is 0.627. The van der Waals surface area contributed by atoms with Gasteiger partial charge >= 0.3 is 0 Å². The van der Waals surface area contributed by atoms with Crippen LogP contribution in [0.15, 0.2) is 30.3 Å². The lowest BCUT2D eigenvalue weighted by molar-refractivity contribution is -0.126. The summed E-state index contributed by atoms with van der Waals surface area (Å²) in [5.74, 6) is 1.25. The molecule has 1 saturated heterocycles. The number of amides is 1. The van der Waals surface area contributed by atoms with Crippen LogP contribution >= 0.6 is 0 Å². The third-order valence-corrected chi connectivity index (χ3v) is 6.12. The molecule has 0 aromatic heterocycles. The molecule has 4 N–H and O–H groups in total. The molecule has 4 atom stereocenters. The van der Waals surface area contributed by atoms with Gasteiger partial charge < -0.3 is 20.8 Å². The van der Waals surface area contributed by atoms with Crippen molar-refractivity contribution in [3.8, 4) is 0 Å². The predicted molar refractivity (Wildman–Crippen MR) is 102 cm³/mol. The Morgan fingerprint density at radius 2 is 1.85 bits per heavy atom. The van der Waals surface area contributed by atoms with E-state index in [0.717, 1.165) is 25.3 Å². The zero-order chi connectivity index (χ0) is 18.4. The standard InChI is InChI=1S/C21H32N2O3/c24-14-19(20(25)16-9-5-2-6-10-16)23-21(26)18-13-17(11-12-22-18)15-7-3-1-4-8-15/h2,5-6,9-10,15,17-20,22,24-25H,1,3-4,7-8,11-14H2,(H,23,26)/t17-,18+,19-,20-/m1/s1. The second kappa shape index (κ2) is 9.49. The molecular formula is C21H32N2O3. The fourth-order valence-electron chi connectivity index (χ4n) is 4.57. The monoisotopic (exact) mass is 360 g/mol. The summed E-state index contributed by atoms with van der Waals surface area (Å²) in [6.07, 6.45) is 7.67. The molecule has 1 aliphatic carbocycles. The Bertz CT molecular complexity index is 560. The largest absolute Gasteiger partial charge is 0.394 e. The van der Waals surface area contributed by atoms with E-state index in [9.17, 15) is 15.0 Å². The van der Waals surface area contributed by atoms with E-state index in [1.165, 1.54) is 32.1 Å². The molecule has 26 heavy (non-hydrogen) atoms. The highest BCUT2D eigenvalue weighted by Crippen LogP contribution is 2.35. The van der Waals surface area contributed by atoms with Gasteiger partial charge in [-0.2, -0.15) is 0 Å². The molecule has 0 spiro atoms. The van der Waals surface area contributed by atoms with Crippen LogP contribution in [0.3, 0.4) is 0 Å². The smallest absolute Gasteiger partial charge is 0.237 e. The van der Waals surface area contributed by atoms with Gasteiger partial charge in [-0.3, -0.25) is 4.79 Å². The highest BCUT2D eigenvalue weighted by molar-refractivity contribution is 5.82. The summed E-state index contributed by atoms with van der Waals surface area (Å²) in [4.78, 5) is 12.7. The van der Waals surface area contributed by atoms with Gasteiger partial charge in [0.1, 0.15) is 6.10 Å². The summed E-state index contributed by atoms with van der Waals surface area (Å²) < 4.78 is 0. The number of hydrogen-bond acceptors (Lipinski definition) is 4. The van der Waals surface area contributed by atoms with Crippen molar-refractivity contribution in [1.29, 1.82) is 0 Å². The van der Waals surface area contributed by atoms with Crippen LogP contribution in [0.25, 0.3) is 0 Å². The van der Waals surface area contributed by atoms with E-state index in [0.29, 0.717) is 11.5 Å². The molecule has 0 unspecified atom stereocenters. The van der Waals surface area contributed by atoms with Crippen molar-refractivity contribution in [2.75, 3.05) is 13.2 Å². The normalized spacial score (nSPS) is 26.8.